The number of methoxy groups -OCH3 is 2. The Bertz CT molecular complexity index is 1180. The molecule has 0 spiro atoms. The van der Waals surface area contributed by atoms with Gasteiger partial charge in [-0.3, -0.25) is 0 Å². The number of rotatable bonds is 6. The number of halogens is 2. The Morgan fingerprint density at radius 2 is 1.73 bits per heavy atom. The van der Waals surface area contributed by atoms with Crippen molar-refractivity contribution in [2.45, 2.75) is 25.3 Å². The summed E-state index contributed by atoms with van der Waals surface area (Å²) in [5, 5.41) is 6.85. The second-order valence-corrected chi connectivity index (χ2v) is 7.67. The van der Waals surface area contributed by atoms with Gasteiger partial charge in [-0.05, 0) is 42.5 Å². The number of nitrogens with zero attached hydrogens (tertiary/aromatic N) is 2. The van der Waals surface area contributed by atoms with E-state index < -0.39 is 12.8 Å². The van der Waals surface area contributed by atoms with E-state index in [1.807, 2.05) is 47.5 Å². The number of ether oxygens (including phenoxy) is 4. The average molecular weight is 452 g/mol. The SMILES string of the molecule is COc1ccc(C2=NN3C(C2)c2ccccc2OC3c2ccc(OC(F)F)cc2)c(OC)c1. The summed E-state index contributed by atoms with van der Waals surface area (Å²) in [4.78, 5) is 0. The van der Waals surface area contributed by atoms with Gasteiger partial charge in [0.15, 0.2) is 0 Å². The molecular weight excluding hydrogens is 430 g/mol. The first-order valence-electron chi connectivity index (χ1n) is 10.5. The molecule has 5 rings (SSSR count). The van der Waals surface area contributed by atoms with Crippen molar-refractivity contribution in [2.75, 3.05) is 14.2 Å². The molecule has 3 aromatic rings. The van der Waals surface area contributed by atoms with Crippen LogP contribution in [0.1, 0.15) is 35.4 Å². The summed E-state index contributed by atoms with van der Waals surface area (Å²) in [5.74, 6) is 2.24. The Morgan fingerprint density at radius 1 is 0.970 bits per heavy atom. The second-order valence-electron chi connectivity index (χ2n) is 7.67. The van der Waals surface area contributed by atoms with E-state index in [9.17, 15) is 8.78 Å². The topological polar surface area (TPSA) is 52.5 Å². The van der Waals surface area contributed by atoms with Gasteiger partial charge in [0.1, 0.15) is 23.0 Å². The Kier molecular flexibility index (Phi) is 5.50. The first kappa shape index (κ1) is 21.1. The minimum absolute atomic E-state index is 0.0428. The Morgan fingerprint density at radius 3 is 2.45 bits per heavy atom. The van der Waals surface area contributed by atoms with Crippen LogP contribution in [0.3, 0.4) is 0 Å². The monoisotopic (exact) mass is 452 g/mol. The third-order valence-corrected chi connectivity index (χ3v) is 5.81. The van der Waals surface area contributed by atoms with Crippen LogP contribution in [0.2, 0.25) is 0 Å². The van der Waals surface area contributed by atoms with Gasteiger partial charge in [0.05, 0.1) is 26.0 Å². The van der Waals surface area contributed by atoms with E-state index >= 15 is 0 Å². The molecular formula is C25H22F2N2O4. The normalized spacial score (nSPS) is 18.8. The molecule has 0 saturated carbocycles. The molecule has 2 heterocycles. The Balaban J connectivity index is 1.53. The van der Waals surface area contributed by atoms with Crippen LogP contribution in [0.15, 0.2) is 71.8 Å². The van der Waals surface area contributed by atoms with Gasteiger partial charge in [-0.15, -0.1) is 0 Å². The van der Waals surface area contributed by atoms with Gasteiger partial charge in [0.25, 0.3) is 0 Å². The van der Waals surface area contributed by atoms with E-state index in [-0.39, 0.29) is 11.8 Å². The maximum Gasteiger partial charge on any atom is 0.387 e. The molecule has 8 heteroatoms. The fourth-order valence-corrected chi connectivity index (χ4v) is 4.27. The van der Waals surface area contributed by atoms with Gasteiger partial charge >= 0.3 is 6.61 Å². The minimum Gasteiger partial charge on any atom is -0.497 e. The van der Waals surface area contributed by atoms with E-state index in [1.165, 1.54) is 12.1 Å². The first-order valence-corrected chi connectivity index (χ1v) is 10.5. The molecule has 2 aliphatic rings. The Hall–Kier alpha value is -3.81. The molecule has 0 aromatic heterocycles. The van der Waals surface area contributed by atoms with E-state index in [4.69, 9.17) is 19.3 Å². The minimum atomic E-state index is -2.87. The Labute approximate surface area is 189 Å². The number of alkyl halides is 2. The molecule has 0 bridgehead atoms. The summed E-state index contributed by atoms with van der Waals surface area (Å²) in [6.07, 6.45) is 0.138. The van der Waals surface area contributed by atoms with Gasteiger partial charge in [0, 0.05) is 29.2 Å². The van der Waals surface area contributed by atoms with Crippen molar-refractivity contribution in [1.82, 2.24) is 5.01 Å². The van der Waals surface area contributed by atoms with Crippen molar-refractivity contribution in [3.63, 3.8) is 0 Å². The van der Waals surface area contributed by atoms with Crippen LogP contribution >= 0.6 is 0 Å². The standard InChI is InChI=1S/C25H22F2N2O4/c1-30-17-11-12-18(23(13-17)31-2)20-14-21-19-5-3-4-6-22(19)33-24(29(21)28-20)15-7-9-16(10-8-15)32-25(26)27/h3-13,21,24-25H,14H2,1-2H3. The first-order chi connectivity index (χ1) is 16.1. The number of para-hydroxylation sites is 1. The van der Waals surface area contributed by atoms with Crippen molar-refractivity contribution >= 4 is 5.71 Å². The van der Waals surface area contributed by atoms with E-state index in [0.29, 0.717) is 17.9 Å². The summed E-state index contributed by atoms with van der Waals surface area (Å²) in [6, 6.07) is 19.9. The highest BCUT2D eigenvalue weighted by Gasteiger charge is 2.41. The van der Waals surface area contributed by atoms with Crippen LogP contribution in [0.4, 0.5) is 8.78 Å². The quantitative estimate of drug-likeness (QED) is 0.491. The van der Waals surface area contributed by atoms with Crippen LogP contribution in [0.5, 0.6) is 23.0 Å². The number of hydrazone groups is 1. The second kappa shape index (κ2) is 8.61. The van der Waals surface area contributed by atoms with Crippen LogP contribution in [-0.2, 0) is 0 Å². The number of fused-ring (bicyclic) bond motifs is 3. The van der Waals surface area contributed by atoms with Crippen molar-refractivity contribution in [3.05, 3.63) is 83.4 Å². The van der Waals surface area contributed by atoms with E-state index in [2.05, 4.69) is 4.74 Å². The number of benzene rings is 3. The van der Waals surface area contributed by atoms with Crippen molar-refractivity contribution in [1.29, 1.82) is 0 Å². The van der Waals surface area contributed by atoms with E-state index in [1.54, 1.807) is 26.4 Å². The van der Waals surface area contributed by atoms with Gasteiger partial charge < -0.3 is 18.9 Å². The molecule has 6 nitrogen and oxygen atoms in total. The maximum absolute atomic E-state index is 12.5. The summed E-state index contributed by atoms with van der Waals surface area (Å²) >= 11 is 0. The summed E-state index contributed by atoms with van der Waals surface area (Å²) in [6.45, 7) is -2.87. The molecule has 2 aliphatic heterocycles. The smallest absolute Gasteiger partial charge is 0.387 e. The van der Waals surface area contributed by atoms with Crippen molar-refractivity contribution in [3.8, 4) is 23.0 Å². The summed E-state index contributed by atoms with van der Waals surface area (Å²) in [5.41, 5.74) is 3.56. The zero-order valence-electron chi connectivity index (χ0n) is 18.1. The molecule has 0 fully saturated rings. The maximum atomic E-state index is 12.5. The highest BCUT2D eigenvalue weighted by molar-refractivity contribution is 6.04. The fraction of sp³-hybridized carbons (Fsp3) is 0.240. The molecule has 33 heavy (non-hydrogen) atoms. The zero-order valence-corrected chi connectivity index (χ0v) is 18.1. The van der Waals surface area contributed by atoms with Gasteiger partial charge in [0.2, 0.25) is 6.23 Å². The molecule has 0 aliphatic carbocycles. The number of hydrogen-bond acceptors (Lipinski definition) is 6. The molecule has 0 radical (unpaired) electrons. The lowest BCUT2D eigenvalue weighted by Gasteiger charge is -2.38. The molecule has 0 amide bonds. The third-order valence-electron chi connectivity index (χ3n) is 5.81. The largest absolute Gasteiger partial charge is 0.497 e. The molecule has 0 saturated heterocycles. The van der Waals surface area contributed by atoms with Gasteiger partial charge in [-0.2, -0.15) is 13.9 Å². The van der Waals surface area contributed by atoms with E-state index in [0.717, 1.165) is 28.2 Å². The zero-order chi connectivity index (χ0) is 22.9. The van der Waals surface area contributed by atoms with Crippen LogP contribution in [-0.4, -0.2) is 31.6 Å². The predicted octanol–water partition coefficient (Wildman–Crippen LogP) is 5.55. The molecule has 170 valence electrons. The van der Waals surface area contributed by atoms with Crippen LogP contribution < -0.4 is 18.9 Å². The highest BCUT2D eigenvalue weighted by atomic mass is 19.3. The molecule has 0 N–H and O–H groups in total. The lowest BCUT2D eigenvalue weighted by atomic mass is 9.95. The summed E-state index contributed by atoms with van der Waals surface area (Å²) < 4.78 is 46.8. The van der Waals surface area contributed by atoms with Gasteiger partial charge in [-0.1, -0.05) is 18.2 Å². The predicted molar refractivity (Wildman–Crippen MR) is 118 cm³/mol. The highest BCUT2D eigenvalue weighted by Crippen LogP contribution is 2.48. The van der Waals surface area contributed by atoms with Gasteiger partial charge in [-0.25, -0.2) is 5.01 Å². The lowest BCUT2D eigenvalue weighted by molar-refractivity contribution is -0.0499. The van der Waals surface area contributed by atoms with Crippen LogP contribution in [0, 0.1) is 0 Å². The molecule has 2 unspecified atom stereocenters. The molecule has 3 aromatic carbocycles. The van der Waals surface area contributed by atoms with Crippen LogP contribution in [0.25, 0.3) is 0 Å². The molecule has 2 atom stereocenters. The van der Waals surface area contributed by atoms with Crippen molar-refractivity contribution < 1.29 is 27.7 Å². The fourth-order valence-electron chi connectivity index (χ4n) is 4.27. The number of hydrogen-bond donors (Lipinski definition) is 0. The third kappa shape index (κ3) is 3.92. The lowest BCUT2D eigenvalue weighted by Crippen LogP contribution is -2.33. The van der Waals surface area contributed by atoms with Crippen molar-refractivity contribution in [2.24, 2.45) is 5.10 Å². The average Bonchev–Trinajstić information content (AvgIpc) is 3.29. The summed E-state index contributed by atoms with van der Waals surface area (Å²) in [7, 11) is 3.23.